The molecule has 78 valence electrons. The molecule has 1 saturated carbocycles. The molecule has 0 spiro atoms. The fourth-order valence-corrected chi connectivity index (χ4v) is 3.24. The molecular formula is C9H16N4S. The number of rotatable bonds is 3. The fourth-order valence-electron chi connectivity index (χ4n) is 1.94. The van der Waals surface area contributed by atoms with Gasteiger partial charge < -0.3 is 10.3 Å². The third kappa shape index (κ3) is 1.93. The van der Waals surface area contributed by atoms with Gasteiger partial charge in [0, 0.05) is 12.3 Å². The number of nitrogens with zero attached hydrogens (tertiary/aromatic N) is 3. The van der Waals surface area contributed by atoms with Crippen molar-refractivity contribution in [3.63, 3.8) is 0 Å². The normalized spacial score (nSPS) is 27.0. The van der Waals surface area contributed by atoms with E-state index in [4.69, 9.17) is 5.73 Å². The number of aromatic nitrogens is 3. The first kappa shape index (κ1) is 9.98. The van der Waals surface area contributed by atoms with E-state index in [1.807, 2.05) is 23.4 Å². The van der Waals surface area contributed by atoms with Crippen LogP contribution in [0.5, 0.6) is 0 Å². The van der Waals surface area contributed by atoms with Gasteiger partial charge in [0.1, 0.15) is 6.33 Å². The van der Waals surface area contributed by atoms with Gasteiger partial charge in [-0.1, -0.05) is 18.2 Å². The van der Waals surface area contributed by atoms with Crippen LogP contribution in [0.25, 0.3) is 0 Å². The summed E-state index contributed by atoms with van der Waals surface area (Å²) in [6.07, 6.45) is 5.58. The predicted octanol–water partition coefficient (Wildman–Crippen LogP) is 1.03. The van der Waals surface area contributed by atoms with E-state index in [0.29, 0.717) is 11.2 Å². The molecule has 0 amide bonds. The smallest absolute Gasteiger partial charge is 0.191 e. The van der Waals surface area contributed by atoms with Gasteiger partial charge in [-0.25, -0.2) is 0 Å². The van der Waals surface area contributed by atoms with Gasteiger partial charge in [0.15, 0.2) is 5.16 Å². The highest BCUT2D eigenvalue weighted by Crippen LogP contribution is 2.37. The Morgan fingerprint density at radius 1 is 1.64 bits per heavy atom. The molecule has 1 fully saturated rings. The molecule has 2 rings (SSSR count). The Bertz CT molecular complexity index is 299. The van der Waals surface area contributed by atoms with Crippen molar-refractivity contribution >= 4 is 11.8 Å². The summed E-state index contributed by atoms with van der Waals surface area (Å²) in [7, 11) is 1.98. The molecule has 5 heteroatoms. The Labute approximate surface area is 88.3 Å². The van der Waals surface area contributed by atoms with E-state index in [-0.39, 0.29) is 0 Å². The van der Waals surface area contributed by atoms with Gasteiger partial charge >= 0.3 is 0 Å². The first-order chi connectivity index (χ1) is 6.81. The topological polar surface area (TPSA) is 56.7 Å². The molecule has 1 aromatic rings. The first-order valence-corrected chi connectivity index (χ1v) is 5.90. The molecule has 2 atom stereocenters. The molecule has 0 aliphatic heterocycles. The SMILES string of the molecule is Cn1cnnc1SC1CCCC1CN. The number of thioether (sulfide) groups is 1. The van der Waals surface area contributed by atoms with Crippen molar-refractivity contribution in [1.82, 2.24) is 14.8 Å². The molecule has 2 N–H and O–H groups in total. The monoisotopic (exact) mass is 212 g/mol. The van der Waals surface area contributed by atoms with E-state index in [9.17, 15) is 0 Å². The first-order valence-electron chi connectivity index (χ1n) is 5.02. The van der Waals surface area contributed by atoms with Gasteiger partial charge in [-0.15, -0.1) is 10.2 Å². The molecule has 1 aromatic heterocycles. The molecule has 0 saturated heterocycles. The molecule has 0 bridgehead atoms. The number of aryl methyl sites for hydroxylation is 1. The third-order valence-electron chi connectivity index (χ3n) is 2.82. The molecule has 0 aromatic carbocycles. The van der Waals surface area contributed by atoms with Crippen LogP contribution in [-0.4, -0.2) is 26.6 Å². The Morgan fingerprint density at radius 3 is 3.14 bits per heavy atom. The predicted molar refractivity (Wildman–Crippen MR) is 57.0 cm³/mol. The van der Waals surface area contributed by atoms with Crippen molar-refractivity contribution < 1.29 is 0 Å². The summed E-state index contributed by atoms with van der Waals surface area (Å²) in [5, 5.41) is 9.61. The summed E-state index contributed by atoms with van der Waals surface area (Å²) in [4.78, 5) is 0. The van der Waals surface area contributed by atoms with E-state index in [1.165, 1.54) is 19.3 Å². The second kappa shape index (κ2) is 4.31. The Morgan fingerprint density at radius 2 is 2.50 bits per heavy atom. The van der Waals surface area contributed by atoms with E-state index in [2.05, 4.69) is 10.2 Å². The number of hydrogen-bond acceptors (Lipinski definition) is 4. The lowest BCUT2D eigenvalue weighted by Crippen LogP contribution is -2.20. The minimum atomic E-state index is 0.642. The zero-order valence-corrected chi connectivity index (χ0v) is 9.20. The van der Waals surface area contributed by atoms with Crippen LogP contribution in [0, 0.1) is 5.92 Å². The zero-order valence-electron chi connectivity index (χ0n) is 8.39. The maximum Gasteiger partial charge on any atom is 0.191 e. The molecule has 1 aliphatic carbocycles. The van der Waals surface area contributed by atoms with Crippen molar-refractivity contribution in [2.75, 3.05) is 6.54 Å². The van der Waals surface area contributed by atoms with Crippen molar-refractivity contribution in [2.45, 2.75) is 29.7 Å². The highest BCUT2D eigenvalue weighted by molar-refractivity contribution is 7.99. The van der Waals surface area contributed by atoms with E-state index in [1.54, 1.807) is 6.33 Å². The molecular weight excluding hydrogens is 196 g/mol. The maximum absolute atomic E-state index is 5.74. The van der Waals surface area contributed by atoms with Gasteiger partial charge in [-0.2, -0.15) is 0 Å². The highest BCUT2D eigenvalue weighted by Gasteiger charge is 2.27. The second-order valence-electron chi connectivity index (χ2n) is 3.81. The van der Waals surface area contributed by atoms with Gasteiger partial charge in [-0.05, 0) is 25.3 Å². The van der Waals surface area contributed by atoms with Crippen LogP contribution < -0.4 is 5.73 Å². The quantitative estimate of drug-likeness (QED) is 0.813. The summed E-state index contributed by atoms with van der Waals surface area (Å²) >= 11 is 1.83. The summed E-state index contributed by atoms with van der Waals surface area (Å²) < 4.78 is 1.97. The average Bonchev–Trinajstić information content (AvgIpc) is 2.77. The number of hydrogen-bond donors (Lipinski definition) is 1. The third-order valence-corrected chi connectivity index (χ3v) is 4.32. The van der Waals surface area contributed by atoms with Crippen LogP contribution >= 0.6 is 11.8 Å². The number of nitrogens with two attached hydrogens (primary N) is 1. The van der Waals surface area contributed by atoms with Crippen LogP contribution in [0.3, 0.4) is 0 Å². The zero-order chi connectivity index (χ0) is 9.97. The van der Waals surface area contributed by atoms with Crippen LogP contribution in [-0.2, 0) is 7.05 Å². The molecule has 0 radical (unpaired) electrons. The molecule has 4 nitrogen and oxygen atoms in total. The standard InChI is InChI=1S/C9H16N4S/c1-13-6-11-12-9(13)14-8-4-2-3-7(8)5-10/h6-8H,2-5,10H2,1H3. The summed E-state index contributed by atoms with van der Waals surface area (Å²) in [5.74, 6) is 0.664. The average molecular weight is 212 g/mol. The lowest BCUT2D eigenvalue weighted by molar-refractivity contribution is 0.571. The largest absolute Gasteiger partial charge is 0.330 e. The minimum absolute atomic E-state index is 0.642. The highest BCUT2D eigenvalue weighted by atomic mass is 32.2. The van der Waals surface area contributed by atoms with Crippen LogP contribution in [0.4, 0.5) is 0 Å². The maximum atomic E-state index is 5.74. The minimum Gasteiger partial charge on any atom is -0.330 e. The fraction of sp³-hybridized carbons (Fsp3) is 0.778. The lowest BCUT2D eigenvalue weighted by atomic mass is 10.1. The van der Waals surface area contributed by atoms with Gasteiger partial charge in [-0.3, -0.25) is 0 Å². The van der Waals surface area contributed by atoms with Gasteiger partial charge in [0.25, 0.3) is 0 Å². The van der Waals surface area contributed by atoms with E-state index in [0.717, 1.165) is 11.7 Å². The van der Waals surface area contributed by atoms with Crippen LogP contribution in [0.1, 0.15) is 19.3 Å². The summed E-state index contributed by atoms with van der Waals surface area (Å²) in [6.45, 7) is 0.801. The van der Waals surface area contributed by atoms with Crippen molar-refractivity contribution in [3.8, 4) is 0 Å². The van der Waals surface area contributed by atoms with Crippen molar-refractivity contribution in [3.05, 3.63) is 6.33 Å². The van der Waals surface area contributed by atoms with E-state index >= 15 is 0 Å². The Balaban J connectivity index is 2.00. The Hall–Kier alpha value is -0.550. The second-order valence-corrected chi connectivity index (χ2v) is 5.01. The Kier molecular flexibility index (Phi) is 3.08. The summed E-state index contributed by atoms with van der Waals surface area (Å²) in [5.41, 5.74) is 5.74. The molecule has 14 heavy (non-hydrogen) atoms. The summed E-state index contributed by atoms with van der Waals surface area (Å²) in [6, 6.07) is 0. The van der Waals surface area contributed by atoms with Crippen molar-refractivity contribution in [1.29, 1.82) is 0 Å². The molecule has 2 unspecified atom stereocenters. The van der Waals surface area contributed by atoms with Gasteiger partial charge in [0.2, 0.25) is 0 Å². The lowest BCUT2D eigenvalue weighted by Gasteiger charge is -2.15. The van der Waals surface area contributed by atoms with Gasteiger partial charge in [0.05, 0.1) is 0 Å². The molecule has 1 heterocycles. The van der Waals surface area contributed by atoms with Crippen LogP contribution in [0.2, 0.25) is 0 Å². The van der Waals surface area contributed by atoms with E-state index < -0.39 is 0 Å². The molecule has 1 aliphatic rings. The van der Waals surface area contributed by atoms with Crippen molar-refractivity contribution in [2.24, 2.45) is 18.7 Å². The van der Waals surface area contributed by atoms with Crippen LogP contribution in [0.15, 0.2) is 11.5 Å².